The highest BCUT2D eigenvalue weighted by molar-refractivity contribution is 6.30. The van der Waals surface area contributed by atoms with Gasteiger partial charge < -0.3 is 5.32 Å². The molecule has 0 spiro atoms. The summed E-state index contributed by atoms with van der Waals surface area (Å²) >= 11 is 5.73. The second kappa shape index (κ2) is 5.94. The lowest BCUT2D eigenvalue weighted by molar-refractivity contribution is -0.118. The molecule has 0 heterocycles. The number of benzene rings is 1. The first kappa shape index (κ1) is 12.3. The number of rotatable bonds is 2. The predicted octanol–water partition coefficient (Wildman–Crippen LogP) is 1.64. The minimum Gasteiger partial charge on any atom is -0.345 e. The Labute approximate surface area is 98.8 Å². The minimum atomic E-state index is -0.138. The highest BCUT2D eigenvalue weighted by Crippen LogP contribution is 2.13. The van der Waals surface area contributed by atoms with Gasteiger partial charge in [-0.2, -0.15) is 0 Å². The maximum atomic E-state index is 10.7. The maximum Gasteiger partial charge on any atom is 0.217 e. The van der Waals surface area contributed by atoms with Gasteiger partial charge in [-0.05, 0) is 18.2 Å². The molecule has 0 aliphatic carbocycles. The van der Waals surface area contributed by atoms with Gasteiger partial charge >= 0.3 is 0 Å². The third-order valence-corrected chi connectivity index (χ3v) is 2.02. The molecule has 0 aromatic heterocycles. The Morgan fingerprint density at radius 1 is 1.56 bits per heavy atom. The molecule has 1 aromatic carbocycles. The number of halogens is 1. The van der Waals surface area contributed by atoms with Gasteiger partial charge in [0.05, 0.1) is 6.54 Å². The van der Waals surface area contributed by atoms with Crippen LogP contribution >= 0.6 is 11.6 Å². The summed E-state index contributed by atoms with van der Waals surface area (Å²) in [5.74, 6) is 5.40. The van der Waals surface area contributed by atoms with E-state index in [1.54, 1.807) is 18.2 Å². The molecule has 0 unspecified atom stereocenters. The Balaban J connectivity index is 2.80. The molecule has 1 rings (SSSR count). The van der Waals surface area contributed by atoms with Crippen molar-refractivity contribution in [3.8, 4) is 11.8 Å². The van der Waals surface area contributed by atoms with Gasteiger partial charge in [-0.3, -0.25) is 9.59 Å². The molecule has 0 radical (unpaired) electrons. The Morgan fingerprint density at radius 3 is 2.94 bits per heavy atom. The maximum absolute atomic E-state index is 10.7. The number of hydrogen-bond donors (Lipinski definition) is 1. The first-order valence-electron chi connectivity index (χ1n) is 4.61. The molecule has 0 saturated heterocycles. The van der Waals surface area contributed by atoms with Crippen LogP contribution in [-0.4, -0.2) is 18.7 Å². The van der Waals surface area contributed by atoms with Crippen LogP contribution in [0.1, 0.15) is 22.8 Å². The number of aldehydes is 1. The Morgan fingerprint density at radius 2 is 2.31 bits per heavy atom. The lowest BCUT2D eigenvalue weighted by Gasteiger charge is -1.97. The Kier molecular flexibility index (Phi) is 4.56. The van der Waals surface area contributed by atoms with Gasteiger partial charge in [0.15, 0.2) is 6.29 Å². The SMILES string of the molecule is CC(=O)NCC#Cc1ccc(Cl)cc1C=O. The molecule has 82 valence electrons. The second-order valence-corrected chi connectivity index (χ2v) is 3.50. The normalized spacial score (nSPS) is 8.88. The van der Waals surface area contributed by atoms with Gasteiger partial charge in [-0.15, -0.1) is 0 Å². The van der Waals surface area contributed by atoms with E-state index in [9.17, 15) is 9.59 Å². The van der Waals surface area contributed by atoms with Crippen molar-refractivity contribution >= 4 is 23.8 Å². The molecule has 3 nitrogen and oxygen atoms in total. The van der Waals surface area contributed by atoms with E-state index < -0.39 is 0 Å². The first-order chi connectivity index (χ1) is 7.63. The van der Waals surface area contributed by atoms with Gasteiger partial charge in [-0.25, -0.2) is 0 Å². The van der Waals surface area contributed by atoms with Crippen molar-refractivity contribution < 1.29 is 9.59 Å². The van der Waals surface area contributed by atoms with Crippen LogP contribution in [-0.2, 0) is 4.79 Å². The summed E-state index contributed by atoms with van der Waals surface area (Å²) < 4.78 is 0. The van der Waals surface area contributed by atoms with E-state index in [-0.39, 0.29) is 12.5 Å². The summed E-state index contributed by atoms with van der Waals surface area (Å²) in [4.78, 5) is 21.3. The van der Waals surface area contributed by atoms with Crippen molar-refractivity contribution in [2.24, 2.45) is 0 Å². The van der Waals surface area contributed by atoms with Crippen molar-refractivity contribution in [1.29, 1.82) is 0 Å². The molecule has 0 saturated carbocycles. The number of hydrogen-bond acceptors (Lipinski definition) is 2. The standard InChI is InChI=1S/C12H10ClNO2/c1-9(16)14-6-2-3-10-4-5-12(13)7-11(10)8-15/h4-5,7-8H,6H2,1H3,(H,14,16). The zero-order chi connectivity index (χ0) is 12.0. The molecular weight excluding hydrogens is 226 g/mol. The molecule has 16 heavy (non-hydrogen) atoms. The number of carbonyl (C=O) groups is 2. The van der Waals surface area contributed by atoms with Crippen molar-refractivity contribution in [2.45, 2.75) is 6.92 Å². The zero-order valence-electron chi connectivity index (χ0n) is 8.71. The van der Waals surface area contributed by atoms with Crippen molar-refractivity contribution in [1.82, 2.24) is 5.32 Å². The fraction of sp³-hybridized carbons (Fsp3) is 0.167. The molecule has 1 aromatic rings. The highest BCUT2D eigenvalue weighted by atomic mass is 35.5. The van der Waals surface area contributed by atoms with Crippen LogP contribution in [0.2, 0.25) is 5.02 Å². The Bertz CT molecular complexity index is 472. The molecule has 0 atom stereocenters. The first-order valence-corrected chi connectivity index (χ1v) is 4.99. The minimum absolute atomic E-state index is 0.138. The average molecular weight is 236 g/mol. The predicted molar refractivity (Wildman–Crippen MR) is 62.4 cm³/mol. The van der Waals surface area contributed by atoms with Gasteiger partial charge in [-0.1, -0.05) is 23.4 Å². The van der Waals surface area contributed by atoms with E-state index in [0.29, 0.717) is 22.4 Å². The quantitative estimate of drug-likeness (QED) is 0.626. The van der Waals surface area contributed by atoms with Gasteiger partial charge in [0.25, 0.3) is 0 Å². The molecule has 1 amide bonds. The van der Waals surface area contributed by atoms with Crippen LogP contribution in [0, 0.1) is 11.8 Å². The lowest BCUT2D eigenvalue weighted by Crippen LogP contribution is -2.19. The molecule has 0 fully saturated rings. The van der Waals surface area contributed by atoms with E-state index in [4.69, 9.17) is 11.6 Å². The second-order valence-electron chi connectivity index (χ2n) is 3.06. The van der Waals surface area contributed by atoms with Crippen LogP contribution in [0.3, 0.4) is 0 Å². The van der Waals surface area contributed by atoms with Crippen LogP contribution < -0.4 is 5.32 Å². The smallest absolute Gasteiger partial charge is 0.217 e. The van der Waals surface area contributed by atoms with Crippen molar-refractivity contribution in [3.63, 3.8) is 0 Å². The molecule has 0 aliphatic heterocycles. The average Bonchev–Trinajstić information content (AvgIpc) is 2.25. The summed E-state index contributed by atoms with van der Waals surface area (Å²) in [5.41, 5.74) is 1.05. The van der Waals surface area contributed by atoms with Crippen molar-refractivity contribution in [3.05, 3.63) is 34.3 Å². The van der Waals surface area contributed by atoms with Crippen LogP contribution in [0.25, 0.3) is 0 Å². The molecular formula is C12H10ClNO2. The largest absolute Gasteiger partial charge is 0.345 e. The van der Waals surface area contributed by atoms with Crippen LogP contribution in [0.4, 0.5) is 0 Å². The third-order valence-electron chi connectivity index (χ3n) is 1.79. The summed E-state index contributed by atoms with van der Waals surface area (Å²) in [7, 11) is 0. The fourth-order valence-electron chi connectivity index (χ4n) is 1.05. The fourth-order valence-corrected chi connectivity index (χ4v) is 1.23. The van der Waals surface area contributed by atoms with E-state index in [2.05, 4.69) is 17.2 Å². The monoisotopic (exact) mass is 235 g/mol. The Hall–Kier alpha value is -1.79. The van der Waals surface area contributed by atoms with E-state index >= 15 is 0 Å². The van der Waals surface area contributed by atoms with E-state index in [1.165, 1.54) is 6.92 Å². The van der Waals surface area contributed by atoms with Gasteiger partial charge in [0.2, 0.25) is 5.91 Å². The number of carbonyl (C=O) groups excluding carboxylic acids is 2. The topological polar surface area (TPSA) is 46.2 Å². The zero-order valence-corrected chi connectivity index (χ0v) is 9.47. The van der Waals surface area contributed by atoms with E-state index in [0.717, 1.165) is 0 Å². The summed E-state index contributed by atoms with van der Waals surface area (Å²) in [6.45, 7) is 1.68. The highest BCUT2D eigenvalue weighted by Gasteiger charge is 1.98. The number of amides is 1. The number of nitrogens with one attached hydrogen (secondary N) is 1. The molecule has 4 heteroatoms. The third kappa shape index (κ3) is 3.76. The van der Waals surface area contributed by atoms with Crippen LogP contribution in [0.15, 0.2) is 18.2 Å². The van der Waals surface area contributed by atoms with Crippen LogP contribution in [0.5, 0.6) is 0 Å². The summed E-state index contributed by atoms with van der Waals surface area (Å²) in [5, 5.41) is 3.03. The van der Waals surface area contributed by atoms with Gasteiger partial charge in [0, 0.05) is 23.1 Å². The molecule has 0 bridgehead atoms. The lowest BCUT2D eigenvalue weighted by atomic mass is 10.1. The molecule has 0 aliphatic rings. The van der Waals surface area contributed by atoms with Crippen molar-refractivity contribution in [2.75, 3.05) is 6.54 Å². The van der Waals surface area contributed by atoms with Gasteiger partial charge in [0.1, 0.15) is 0 Å². The van der Waals surface area contributed by atoms with E-state index in [1.807, 2.05) is 0 Å². The summed E-state index contributed by atoms with van der Waals surface area (Å²) in [6.07, 6.45) is 0.703. The summed E-state index contributed by atoms with van der Waals surface area (Å²) in [6, 6.07) is 4.89. The molecule has 1 N–H and O–H groups in total.